The number of carbonyl (C=O) groups excluding carboxylic acids is 3. The number of hydrogen-bond donors (Lipinski definition) is 1. The number of hydrogen-bond acceptors (Lipinski definition) is 7. The molecule has 11 heteroatoms. The van der Waals surface area contributed by atoms with Crippen LogP contribution in [0.15, 0.2) is 49.6 Å². The molecular formula is C31H42N6O4S. The van der Waals surface area contributed by atoms with Crippen molar-refractivity contribution in [3.63, 3.8) is 0 Å². The summed E-state index contributed by atoms with van der Waals surface area (Å²) in [6, 6.07) is 6.18. The average molecular weight is 595 g/mol. The molecule has 3 fully saturated rings. The molecule has 3 saturated heterocycles. The standard InChI is InChI=1S/C31H42N6O4S/c1-6-15-34(16-7-2)28(39)25-24-13-14-31(42-24)26(25)29(40)37(23(18-38)20(4)5)27(31)30(41)35(17-8-3)19-36-22-12-10-9-11-21(22)32-33-36/h6,8-12,20,23-27,38H,1,3,7,13-19H2,2,4-5H3/t23-,24-,25+,26-,27?,31?/m0/s1. The van der Waals surface area contributed by atoms with Crippen LogP contribution in [0.2, 0.25) is 0 Å². The Bertz CT molecular complexity index is 1360. The van der Waals surface area contributed by atoms with Gasteiger partial charge in [-0.25, -0.2) is 4.68 Å². The van der Waals surface area contributed by atoms with Gasteiger partial charge < -0.3 is 19.8 Å². The molecule has 0 radical (unpaired) electrons. The Morgan fingerprint density at radius 2 is 1.90 bits per heavy atom. The van der Waals surface area contributed by atoms with Gasteiger partial charge in [0, 0.05) is 24.9 Å². The Labute approximate surface area is 251 Å². The summed E-state index contributed by atoms with van der Waals surface area (Å²) in [5.74, 6) is -1.69. The molecule has 2 aromatic rings. The topological polar surface area (TPSA) is 112 Å². The van der Waals surface area contributed by atoms with E-state index in [4.69, 9.17) is 0 Å². The van der Waals surface area contributed by atoms with Gasteiger partial charge in [0.05, 0.1) is 34.7 Å². The van der Waals surface area contributed by atoms with Gasteiger partial charge in [-0.3, -0.25) is 14.4 Å². The number of likely N-dealkylation sites (tertiary alicyclic amines) is 1. The first-order valence-electron chi connectivity index (χ1n) is 14.9. The molecule has 3 aliphatic rings. The van der Waals surface area contributed by atoms with E-state index in [1.165, 1.54) is 0 Å². The number of rotatable bonds is 13. The maximum Gasteiger partial charge on any atom is 0.248 e. The molecule has 0 saturated carbocycles. The van der Waals surface area contributed by atoms with Crippen LogP contribution in [0.5, 0.6) is 0 Å². The third kappa shape index (κ3) is 4.84. The molecule has 0 aliphatic carbocycles. The van der Waals surface area contributed by atoms with Crippen LogP contribution in [-0.2, 0) is 21.1 Å². The van der Waals surface area contributed by atoms with Crippen LogP contribution in [0.25, 0.3) is 11.0 Å². The minimum Gasteiger partial charge on any atom is -0.394 e. The van der Waals surface area contributed by atoms with Crippen LogP contribution in [-0.4, -0.2) is 101 Å². The van der Waals surface area contributed by atoms with Crippen LogP contribution in [0.3, 0.4) is 0 Å². The lowest BCUT2D eigenvalue weighted by molar-refractivity contribution is -0.148. The minimum absolute atomic E-state index is 0.0354. The summed E-state index contributed by atoms with van der Waals surface area (Å²) in [6.45, 7) is 14.8. The highest BCUT2D eigenvalue weighted by molar-refractivity contribution is 8.02. The van der Waals surface area contributed by atoms with Gasteiger partial charge in [0.15, 0.2) is 0 Å². The van der Waals surface area contributed by atoms with Crippen LogP contribution >= 0.6 is 11.8 Å². The number of amides is 3. The van der Waals surface area contributed by atoms with Crippen LogP contribution in [0, 0.1) is 17.8 Å². The number of aliphatic hydroxyl groups is 1. The highest BCUT2D eigenvalue weighted by Gasteiger charge is 2.74. The fourth-order valence-corrected chi connectivity index (χ4v) is 9.48. The molecule has 2 unspecified atom stereocenters. The van der Waals surface area contributed by atoms with Gasteiger partial charge in [0.1, 0.15) is 18.2 Å². The van der Waals surface area contributed by atoms with Crippen molar-refractivity contribution in [2.75, 3.05) is 26.2 Å². The molecule has 6 atom stereocenters. The lowest BCUT2D eigenvalue weighted by Gasteiger charge is -2.40. The van der Waals surface area contributed by atoms with E-state index < -0.39 is 28.7 Å². The van der Waals surface area contributed by atoms with Gasteiger partial charge in [-0.15, -0.1) is 30.0 Å². The molecule has 5 rings (SSSR count). The number of aromatic nitrogens is 3. The number of carbonyl (C=O) groups is 3. The van der Waals surface area contributed by atoms with Crippen LogP contribution in [0.1, 0.15) is 40.0 Å². The van der Waals surface area contributed by atoms with Crippen molar-refractivity contribution in [1.29, 1.82) is 0 Å². The fourth-order valence-electron chi connectivity index (χ4n) is 7.29. The van der Waals surface area contributed by atoms with E-state index in [1.807, 2.05) is 45.0 Å². The van der Waals surface area contributed by atoms with E-state index in [9.17, 15) is 19.5 Å². The first-order valence-corrected chi connectivity index (χ1v) is 15.8. The third-order valence-corrected chi connectivity index (χ3v) is 11.1. The summed E-state index contributed by atoms with van der Waals surface area (Å²) in [7, 11) is 0. The predicted molar refractivity (Wildman–Crippen MR) is 163 cm³/mol. The average Bonchev–Trinajstić information content (AvgIpc) is 3.72. The number of thioether (sulfide) groups is 1. The molecule has 1 N–H and O–H groups in total. The van der Waals surface area contributed by atoms with Gasteiger partial charge in [-0.2, -0.15) is 0 Å². The molecule has 2 bridgehead atoms. The zero-order chi connectivity index (χ0) is 30.2. The fraction of sp³-hybridized carbons (Fsp3) is 0.581. The number of benzene rings is 1. The molecule has 3 amide bonds. The lowest BCUT2D eigenvalue weighted by atomic mass is 9.70. The quantitative estimate of drug-likeness (QED) is 0.355. The Morgan fingerprint density at radius 3 is 2.57 bits per heavy atom. The van der Waals surface area contributed by atoms with Gasteiger partial charge in [-0.1, -0.05) is 50.3 Å². The van der Waals surface area contributed by atoms with E-state index in [1.54, 1.807) is 43.3 Å². The molecule has 1 spiro atoms. The summed E-state index contributed by atoms with van der Waals surface area (Å²) in [6.07, 6.45) is 5.61. The second kappa shape index (κ2) is 12.2. The maximum absolute atomic E-state index is 14.8. The number of nitrogens with zero attached hydrogens (tertiary/aromatic N) is 6. The van der Waals surface area contributed by atoms with Crippen molar-refractivity contribution in [1.82, 2.24) is 29.7 Å². The van der Waals surface area contributed by atoms with Crippen molar-refractivity contribution in [3.8, 4) is 0 Å². The normalized spacial score (nSPS) is 27.0. The summed E-state index contributed by atoms with van der Waals surface area (Å²) in [5, 5.41) is 19.0. The minimum atomic E-state index is -0.823. The highest BCUT2D eigenvalue weighted by Crippen LogP contribution is 2.67. The van der Waals surface area contributed by atoms with Crippen molar-refractivity contribution >= 4 is 40.5 Å². The summed E-state index contributed by atoms with van der Waals surface area (Å²) < 4.78 is 0.930. The lowest BCUT2D eigenvalue weighted by Crippen LogP contribution is -2.58. The molecule has 1 aromatic carbocycles. The van der Waals surface area contributed by atoms with Crippen molar-refractivity contribution < 1.29 is 19.5 Å². The van der Waals surface area contributed by atoms with Gasteiger partial charge in [-0.05, 0) is 37.3 Å². The van der Waals surface area contributed by atoms with Gasteiger partial charge in [0.25, 0.3) is 0 Å². The second-order valence-electron chi connectivity index (χ2n) is 11.9. The van der Waals surface area contributed by atoms with Crippen LogP contribution < -0.4 is 0 Å². The molecule has 3 aliphatic heterocycles. The summed E-state index contributed by atoms with van der Waals surface area (Å²) in [5.41, 5.74) is 1.52. The Hall–Kier alpha value is -3.18. The number of para-hydroxylation sites is 1. The van der Waals surface area contributed by atoms with E-state index in [2.05, 4.69) is 23.5 Å². The summed E-state index contributed by atoms with van der Waals surface area (Å²) >= 11 is 1.64. The van der Waals surface area contributed by atoms with E-state index in [0.29, 0.717) is 19.5 Å². The van der Waals surface area contributed by atoms with Crippen molar-refractivity contribution in [2.45, 2.75) is 68.8 Å². The maximum atomic E-state index is 14.8. The predicted octanol–water partition coefficient (Wildman–Crippen LogP) is 2.94. The Morgan fingerprint density at radius 1 is 1.19 bits per heavy atom. The van der Waals surface area contributed by atoms with Gasteiger partial charge in [0.2, 0.25) is 17.7 Å². The first-order chi connectivity index (χ1) is 20.2. The van der Waals surface area contributed by atoms with Crippen molar-refractivity contribution in [3.05, 3.63) is 49.6 Å². The first kappa shape index (κ1) is 30.3. The number of aliphatic hydroxyl groups excluding tert-OH is 1. The SMILES string of the molecule is C=CCN(Cn1nnc2ccccc21)C(=O)C1N([C@@H](CO)C(C)C)C(=O)[C@@H]2[C@H](C(=O)N(CC=C)CCC)[C@@H]3CCC12S3. The molecule has 1 aromatic heterocycles. The summed E-state index contributed by atoms with van der Waals surface area (Å²) in [4.78, 5) is 48.4. The molecule has 226 valence electrons. The number of fused-ring (bicyclic) bond motifs is 2. The van der Waals surface area contributed by atoms with E-state index in [0.717, 1.165) is 23.9 Å². The third-order valence-electron chi connectivity index (χ3n) is 9.11. The zero-order valence-corrected chi connectivity index (χ0v) is 25.6. The van der Waals surface area contributed by atoms with Gasteiger partial charge >= 0.3 is 0 Å². The second-order valence-corrected chi connectivity index (χ2v) is 13.5. The van der Waals surface area contributed by atoms with E-state index in [-0.39, 0.29) is 48.7 Å². The van der Waals surface area contributed by atoms with E-state index >= 15 is 0 Å². The molecule has 4 heterocycles. The van der Waals surface area contributed by atoms with Crippen LogP contribution in [0.4, 0.5) is 0 Å². The smallest absolute Gasteiger partial charge is 0.248 e. The molecular weight excluding hydrogens is 552 g/mol. The Balaban J connectivity index is 1.56. The highest BCUT2D eigenvalue weighted by atomic mass is 32.2. The molecule has 10 nitrogen and oxygen atoms in total. The Kier molecular flexibility index (Phi) is 8.80. The molecule has 42 heavy (non-hydrogen) atoms. The monoisotopic (exact) mass is 594 g/mol. The largest absolute Gasteiger partial charge is 0.394 e. The zero-order valence-electron chi connectivity index (χ0n) is 24.8. The van der Waals surface area contributed by atoms with Crippen molar-refractivity contribution in [2.24, 2.45) is 17.8 Å².